The maximum Gasteiger partial charge on any atom is 0.323 e. The molecule has 0 fully saturated rings. The Kier molecular flexibility index (Phi) is 8.83. The second-order valence-electron chi connectivity index (χ2n) is 10.8. The second kappa shape index (κ2) is 13.6. The number of anilines is 2. The average Bonchev–Trinajstić information content (AvgIpc) is 3.08. The van der Waals surface area contributed by atoms with E-state index in [1.165, 1.54) is 0 Å². The normalized spacial score (nSPS) is 10.8. The maximum absolute atomic E-state index is 14.2. The number of amides is 3. The van der Waals surface area contributed by atoms with Gasteiger partial charge in [-0.1, -0.05) is 121 Å². The van der Waals surface area contributed by atoms with Gasteiger partial charge in [0.05, 0.1) is 5.56 Å². The van der Waals surface area contributed by atoms with Gasteiger partial charge in [0.2, 0.25) is 0 Å². The summed E-state index contributed by atoms with van der Waals surface area (Å²) in [4.78, 5) is 28.7. The Morgan fingerprint density at radius 3 is 1.91 bits per heavy atom. The largest absolute Gasteiger partial charge is 0.480 e. The minimum Gasteiger partial charge on any atom is -0.480 e. The number of para-hydroxylation sites is 1. The third kappa shape index (κ3) is 7.03. The fourth-order valence-electron chi connectivity index (χ4n) is 5.37. The van der Waals surface area contributed by atoms with Crippen LogP contribution in [0.4, 0.5) is 16.2 Å². The highest BCUT2D eigenvalue weighted by Gasteiger charge is 2.23. The number of fused-ring (bicyclic) bond motifs is 1. The number of benzene rings is 6. The van der Waals surface area contributed by atoms with Gasteiger partial charge >= 0.3 is 6.03 Å². The van der Waals surface area contributed by atoms with Crippen molar-refractivity contribution in [2.45, 2.75) is 12.6 Å². The van der Waals surface area contributed by atoms with E-state index in [2.05, 4.69) is 28.8 Å². The Bertz CT molecular complexity index is 1870. The summed E-state index contributed by atoms with van der Waals surface area (Å²) in [5.41, 5.74) is 4.41. The zero-order chi connectivity index (χ0) is 31.0. The molecule has 0 bridgehead atoms. The zero-order valence-electron chi connectivity index (χ0n) is 24.9. The average molecular weight is 592 g/mol. The number of nitrogens with one attached hydrogen (secondary N) is 2. The van der Waals surface area contributed by atoms with Gasteiger partial charge in [0.25, 0.3) is 5.91 Å². The van der Waals surface area contributed by atoms with Crippen molar-refractivity contribution in [2.75, 3.05) is 17.7 Å². The third-order valence-electron chi connectivity index (χ3n) is 7.58. The van der Waals surface area contributed by atoms with Crippen LogP contribution in [0, 0.1) is 0 Å². The van der Waals surface area contributed by atoms with Crippen LogP contribution in [0.5, 0.6) is 5.75 Å². The summed E-state index contributed by atoms with van der Waals surface area (Å²) in [5, 5.41) is 7.90. The number of rotatable bonds is 9. The van der Waals surface area contributed by atoms with E-state index in [1.54, 1.807) is 42.3 Å². The summed E-state index contributed by atoms with van der Waals surface area (Å²) in [5.74, 6) is 0.182. The summed E-state index contributed by atoms with van der Waals surface area (Å²) < 4.78 is 6.69. The zero-order valence-corrected chi connectivity index (χ0v) is 24.9. The standard InChI is InChI=1S/C39H33N3O3/c1-42(27-31-20-13-19-28-14-11-12-23-34(28)31)38(43)35-26-33(41-39(44)40-32-21-9-4-10-22-32)24-25-36(35)45-37(29-15-5-2-6-16-29)30-17-7-3-8-18-30/h2-26,37H,27H2,1H3,(H2,40,41,44). The van der Waals surface area contributed by atoms with Crippen LogP contribution in [-0.2, 0) is 6.54 Å². The molecule has 6 rings (SSSR count). The molecular formula is C39H33N3O3. The monoisotopic (exact) mass is 591 g/mol. The molecule has 0 saturated carbocycles. The molecule has 6 aromatic carbocycles. The van der Waals surface area contributed by atoms with Crippen LogP contribution in [0.1, 0.15) is 33.2 Å². The van der Waals surface area contributed by atoms with Crippen LogP contribution < -0.4 is 15.4 Å². The van der Waals surface area contributed by atoms with E-state index in [0.29, 0.717) is 29.2 Å². The van der Waals surface area contributed by atoms with Gasteiger partial charge in [-0.05, 0) is 57.8 Å². The molecule has 0 saturated heterocycles. The predicted octanol–water partition coefficient (Wildman–Crippen LogP) is 8.92. The fourth-order valence-corrected chi connectivity index (χ4v) is 5.37. The number of hydrogen-bond acceptors (Lipinski definition) is 3. The Morgan fingerprint density at radius 1 is 0.644 bits per heavy atom. The van der Waals surface area contributed by atoms with Crippen molar-refractivity contribution in [2.24, 2.45) is 0 Å². The lowest BCUT2D eigenvalue weighted by Crippen LogP contribution is -2.27. The highest BCUT2D eigenvalue weighted by molar-refractivity contribution is 6.02. The van der Waals surface area contributed by atoms with Gasteiger partial charge in [-0.2, -0.15) is 0 Å². The topological polar surface area (TPSA) is 70.7 Å². The summed E-state index contributed by atoms with van der Waals surface area (Å²) in [6.07, 6.45) is -0.456. The Morgan fingerprint density at radius 2 is 1.22 bits per heavy atom. The van der Waals surface area contributed by atoms with Gasteiger partial charge in [-0.15, -0.1) is 0 Å². The van der Waals surface area contributed by atoms with Gasteiger partial charge in [0, 0.05) is 25.0 Å². The molecule has 0 heterocycles. The van der Waals surface area contributed by atoms with Crippen molar-refractivity contribution in [3.05, 3.63) is 174 Å². The highest BCUT2D eigenvalue weighted by Crippen LogP contribution is 2.33. The van der Waals surface area contributed by atoms with Crippen LogP contribution in [0.2, 0.25) is 0 Å². The van der Waals surface area contributed by atoms with Crippen molar-refractivity contribution in [3.8, 4) is 5.75 Å². The summed E-state index contributed by atoms with van der Waals surface area (Å²) in [6.45, 7) is 0.395. The van der Waals surface area contributed by atoms with Crippen LogP contribution in [-0.4, -0.2) is 23.9 Å². The summed E-state index contributed by atoms with van der Waals surface area (Å²) in [7, 11) is 1.78. The van der Waals surface area contributed by atoms with E-state index in [9.17, 15) is 9.59 Å². The number of ether oxygens (including phenoxy) is 1. The number of carbonyl (C=O) groups is 2. The van der Waals surface area contributed by atoms with Crippen molar-refractivity contribution in [3.63, 3.8) is 0 Å². The van der Waals surface area contributed by atoms with Gasteiger partial charge in [-0.3, -0.25) is 4.79 Å². The summed E-state index contributed by atoms with van der Waals surface area (Å²) >= 11 is 0. The van der Waals surface area contributed by atoms with Gasteiger partial charge < -0.3 is 20.3 Å². The molecule has 6 heteroatoms. The first-order valence-electron chi connectivity index (χ1n) is 14.8. The van der Waals surface area contributed by atoms with Crippen molar-refractivity contribution in [1.29, 1.82) is 0 Å². The number of hydrogen-bond donors (Lipinski definition) is 2. The molecule has 6 aromatic rings. The van der Waals surface area contributed by atoms with Gasteiger partial charge in [-0.25, -0.2) is 4.79 Å². The molecular weight excluding hydrogens is 558 g/mol. The van der Waals surface area contributed by atoms with E-state index in [0.717, 1.165) is 27.5 Å². The molecule has 6 nitrogen and oxygen atoms in total. The molecule has 0 aliphatic rings. The van der Waals surface area contributed by atoms with Gasteiger partial charge in [0.15, 0.2) is 0 Å². The van der Waals surface area contributed by atoms with Crippen LogP contribution >= 0.6 is 0 Å². The lowest BCUT2D eigenvalue weighted by molar-refractivity contribution is 0.0779. The molecule has 0 unspecified atom stereocenters. The predicted molar refractivity (Wildman–Crippen MR) is 181 cm³/mol. The summed E-state index contributed by atoms with van der Waals surface area (Å²) in [6, 6.07) is 48.0. The Labute approximate surface area is 262 Å². The maximum atomic E-state index is 14.2. The Balaban J connectivity index is 1.34. The molecule has 0 radical (unpaired) electrons. The third-order valence-corrected chi connectivity index (χ3v) is 7.58. The quantitative estimate of drug-likeness (QED) is 0.176. The number of nitrogens with zero attached hydrogens (tertiary/aromatic N) is 1. The van der Waals surface area contributed by atoms with Crippen LogP contribution in [0.25, 0.3) is 10.8 Å². The number of carbonyl (C=O) groups excluding carboxylic acids is 2. The van der Waals surface area contributed by atoms with E-state index < -0.39 is 12.1 Å². The minimum absolute atomic E-state index is 0.232. The molecule has 0 spiro atoms. The highest BCUT2D eigenvalue weighted by atomic mass is 16.5. The first-order chi connectivity index (χ1) is 22.0. The molecule has 222 valence electrons. The van der Waals surface area contributed by atoms with Crippen molar-refractivity contribution in [1.82, 2.24) is 4.90 Å². The molecule has 0 aromatic heterocycles. The van der Waals surface area contributed by atoms with E-state index >= 15 is 0 Å². The molecule has 45 heavy (non-hydrogen) atoms. The fraction of sp³-hybridized carbons (Fsp3) is 0.0769. The number of urea groups is 1. The van der Waals surface area contributed by atoms with Crippen LogP contribution in [0.15, 0.2) is 152 Å². The first-order valence-corrected chi connectivity index (χ1v) is 14.8. The van der Waals surface area contributed by atoms with Gasteiger partial charge in [0.1, 0.15) is 11.9 Å². The molecule has 0 aliphatic heterocycles. The Hall–Kier alpha value is -5.88. The molecule has 0 aliphatic carbocycles. The van der Waals surface area contributed by atoms with Crippen molar-refractivity contribution < 1.29 is 14.3 Å². The lowest BCUT2D eigenvalue weighted by atomic mass is 10.0. The smallest absolute Gasteiger partial charge is 0.323 e. The lowest BCUT2D eigenvalue weighted by Gasteiger charge is -2.24. The second-order valence-corrected chi connectivity index (χ2v) is 10.8. The van der Waals surface area contributed by atoms with E-state index in [1.807, 2.05) is 103 Å². The SMILES string of the molecule is CN(Cc1cccc2ccccc12)C(=O)c1cc(NC(=O)Nc2ccccc2)ccc1OC(c1ccccc1)c1ccccc1. The minimum atomic E-state index is -0.456. The molecule has 0 atom stereocenters. The van der Waals surface area contributed by atoms with E-state index in [4.69, 9.17) is 4.74 Å². The van der Waals surface area contributed by atoms with Crippen molar-refractivity contribution >= 4 is 34.1 Å². The molecule has 3 amide bonds. The van der Waals surface area contributed by atoms with E-state index in [-0.39, 0.29) is 5.91 Å². The first kappa shape index (κ1) is 29.2. The van der Waals surface area contributed by atoms with Crippen LogP contribution in [0.3, 0.4) is 0 Å². The molecule has 2 N–H and O–H groups in total.